The second-order valence-corrected chi connectivity index (χ2v) is 14.0. The zero-order valence-corrected chi connectivity index (χ0v) is 28.3. The number of piperidine rings is 2. The number of carbonyl (C=O) groups is 3. The molecule has 0 aromatic heterocycles. The van der Waals surface area contributed by atoms with E-state index in [0.29, 0.717) is 64.7 Å². The van der Waals surface area contributed by atoms with E-state index in [1.807, 2.05) is 11.0 Å². The molecule has 3 saturated heterocycles. The quantitative estimate of drug-likeness (QED) is 0.354. The minimum atomic E-state index is -4.86. The Bertz CT molecular complexity index is 1470. The van der Waals surface area contributed by atoms with Gasteiger partial charge in [0.1, 0.15) is 11.8 Å². The zero-order valence-electron chi connectivity index (χ0n) is 27.5. The third kappa shape index (κ3) is 8.29. The predicted molar refractivity (Wildman–Crippen MR) is 178 cm³/mol. The number of aromatic hydroxyl groups is 1. The van der Waals surface area contributed by atoms with Crippen molar-refractivity contribution in [2.45, 2.75) is 75.7 Å². The summed E-state index contributed by atoms with van der Waals surface area (Å²) in [6.07, 6.45) is 4.80. The van der Waals surface area contributed by atoms with Gasteiger partial charge in [0.25, 0.3) is 0 Å². The van der Waals surface area contributed by atoms with Gasteiger partial charge in [0.15, 0.2) is 0 Å². The highest BCUT2D eigenvalue weighted by atomic mass is 35.5. The number of carbonyl (C=O) groups excluding carboxylic acids is 3. The Kier molecular flexibility index (Phi) is 10.9. The van der Waals surface area contributed by atoms with Crippen molar-refractivity contribution in [3.8, 4) is 5.75 Å². The van der Waals surface area contributed by atoms with Crippen LogP contribution in [0.15, 0.2) is 35.6 Å². The lowest BCUT2D eigenvalue weighted by Crippen LogP contribution is -2.59. The SMILES string of the molecule is O=C(N[C@H](Cc1cc(Cl)c(O)c(C(F)(F)F)c1)C(=O)N1CCN(C2CCNCC2)CC1)N1CCC(N2CCC3=C(C=CCC3)NC2=O)CC1. The molecule has 1 aliphatic carbocycles. The molecule has 4 aliphatic heterocycles. The molecule has 0 saturated carbocycles. The van der Waals surface area contributed by atoms with E-state index in [2.05, 4.69) is 26.9 Å². The summed E-state index contributed by atoms with van der Waals surface area (Å²) in [5.41, 5.74) is 0.904. The molecule has 4 heterocycles. The molecule has 1 aromatic rings. The average molecular weight is 708 g/mol. The van der Waals surface area contributed by atoms with E-state index >= 15 is 0 Å². The van der Waals surface area contributed by atoms with Crippen LogP contribution in [0.4, 0.5) is 22.8 Å². The number of hydrogen-bond donors (Lipinski definition) is 4. The fraction of sp³-hybridized carbons (Fsp3) is 0.618. The lowest BCUT2D eigenvalue weighted by molar-refractivity contribution is -0.138. The highest BCUT2D eigenvalue weighted by Gasteiger charge is 2.38. The molecule has 4 N–H and O–H groups in total. The number of nitrogens with zero attached hydrogens (tertiary/aromatic N) is 4. The van der Waals surface area contributed by atoms with Crippen molar-refractivity contribution in [2.75, 3.05) is 58.9 Å². The number of phenolic OH excluding ortho intramolecular Hbond substituents is 1. The van der Waals surface area contributed by atoms with Crippen molar-refractivity contribution in [2.24, 2.45) is 0 Å². The van der Waals surface area contributed by atoms with E-state index in [1.165, 1.54) is 11.6 Å². The number of phenols is 1. The molecule has 5 aliphatic rings. The van der Waals surface area contributed by atoms with Crippen LogP contribution in [0.1, 0.15) is 56.1 Å². The molecule has 0 spiro atoms. The Morgan fingerprint density at radius 3 is 2.37 bits per heavy atom. The van der Waals surface area contributed by atoms with Gasteiger partial charge in [-0.25, -0.2) is 9.59 Å². The molecule has 0 unspecified atom stereocenters. The van der Waals surface area contributed by atoms with Gasteiger partial charge in [-0.2, -0.15) is 13.2 Å². The molecule has 5 amide bonds. The molecule has 0 radical (unpaired) electrons. The fourth-order valence-corrected chi connectivity index (χ4v) is 7.98. The maximum Gasteiger partial charge on any atom is 0.420 e. The molecule has 0 bridgehead atoms. The van der Waals surface area contributed by atoms with Crippen LogP contribution in [0.5, 0.6) is 5.75 Å². The summed E-state index contributed by atoms with van der Waals surface area (Å²) in [7, 11) is 0. The Balaban J connectivity index is 1.12. The van der Waals surface area contributed by atoms with E-state index < -0.39 is 34.6 Å². The topological polar surface area (TPSA) is 120 Å². The van der Waals surface area contributed by atoms with E-state index in [4.69, 9.17) is 11.6 Å². The maximum absolute atomic E-state index is 14.0. The second-order valence-electron chi connectivity index (χ2n) is 13.6. The molecular formula is C34H45ClF3N7O4. The number of rotatable bonds is 6. The van der Waals surface area contributed by atoms with Gasteiger partial charge in [0, 0.05) is 70.0 Å². The number of amides is 5. The molecule has 1 aromatic carbocycles. The summed E-state index contributed by atoms with van der Waals surface area (Å²) in [5.74, 6) is -1.45. The highest BCUT2D eigenvalue weighted by Crippen LogP contribution is 2.40. The van der Waals surface area contributed by atoms with Crippen molar-refractivity contribution in [1.82, 2.24) is 35.6 Å². The van der Waals surface area contributed by atoms with Crippen molar-refractivity contribution >= 4 is 29.6 Å². The van der Waals surface area contributed by atoms with Crippen LogP contribution < -0.4 is 16.0 Å². The Labute approximate surface area is 289 Å². The van der Waals surface area contributed by atoms with Crippen LogP contribution in [0.3, 0.4) is 0 Å². The minimum absolute atomic E-state index is 0.0528. The fourth-order valence-electron chi connectivity index (χ4n) is 7.74. The van der Waals surface area contributed by atoms with Gasteiger partial charge in [-0.3, -0.25) is 9.69 Å². The standard InChI is InChI=1S/C34H45ClF3N7O4/c35-27-20-22(19-26(30(27)46)34(36,37)38)21-29(31(47)43-17-15-42(16-18-43)24-5-10-39-11-6-24)41-32(48)44-12-8-25(9-13-44)45-14-7-23-3-1-2-4-28(23)40-33(45)49/h2,4,19-20,24-25,29,39,46H,1,3,5-18,21H2,(H,40,49)(H,41,48)/t29-/m1/s1. The first-order valence-corrected chi connectivity index (χ1v) is 17.7. The summed E-state index contributed by atoms with van der Waals surface area (Å²) in [5, 5.41) is 18.8. The first-order chi connectivity index (χ1) is 23.5. The molecular weight excluding hydrogens is 663 g/mol. The van der Waals surface area contributed by atoms with E-state index in [1.54, 1.807) is 9.80 Å². The van der Waals surface area contributed by atoms with Gasteiger partial charge in [0.05, 0.1) is 10.6 Å². The number of piperazine rings is 1. The maximum atomic E-state index is 14.0. The third-order valence-electron chi connectivity index (χ3n) is 10.5. The van der Waals surface area contributed by atoms with Gasteiger partial charge in [-0.15, -0.1) is 0 Å². The van der Waals surface area contributed by atoms with Crippen molar-refractivity contribution < 1.29 is 32.7 Å². The number of hydrogen-bond acceptors (Lipinski definition) is 6. The summed E-state index contributed by atoms with van der Waals surface area (Å²) >= 11 is 6.00. The number of allylic oxidation sites excluding steroid dienone is 2. The number of alkyl halides is 3. The molecule has 11 nitrogen and oxygen atoms in total. The van der Waals surface area contributed by atoms with E-state index in [0.717, 1.165) is 57.0 Å². The third-order valence-corrected chi connectivity index (χ3v) is 10.8. The van der Waals surface area contributed by atoms with E-state index in [-0.39, 0.29) is 30.0 Å². The van der Waals surface area contributed by atoms with Crippen molar-refractivity contribution in [3.63, 3.8) is 0 Å². The Hall–Kier alpha value is -3.49. The lowest BCUT2D eigenvalue weighted by atomic mass is 9.99. The highest BCUT2D eigenvalue weighted by molar-refractivity contribution is 6.32. The smallest absolute Gasteiger partial charge is 0.420 e. The summed E-state index contributed by atoms with van der Waals surface area (Å²) in [6.45, 7) is 5.44. The van der Waals surface area contributed by atoms with Crippen LogP contribution in [0.2, 0.25) is 5.02 Å². The second kappa shape index (κ2) is 15.2. The number of benzene rings is 1. The van der Waals surface area contributed by atoms with Crippen molar-refractivity contribution in [1.29, 1.82) is 0 Å². The van der Waals surface area contributed by atoms with Crippen LogP contribution in [-0.4, -0.2) is 120 Å². The van der Waals surface area contributed by atoms with Crippen LogP contribution >= 0.6 is 11.6 Å². The van der Waals surface area contributed by atoms with Gasteiger partial charge < -0.3 is 35.8 Å². The van der Waals surface area contributed by atoms with E-state index in [9.17, 15) is 32.7 Å². The number of nitrogens with one attached hydrogen (secondary N) is 3. The molecule has 1 atom stereocenters. The molecule has 6 rings (SSSR count). The van der Waals surface area contributed by atoms with Gasteiger partial charge in [-0.05, 0) is 87.4 Å². The molecule has 15 heteroatoms. The van der Waals surface area contributed by atoms with Gasteiger partial charge in [0.2, 0.25) is 5.91 Å². The largest absolute Gasteiger partial charge is 0.506 e. The average Bonchev–Trinajstić information content (AvgIpc) is 3.27. The summed E-state index contributed by atoms with van der Waals surface area (Å²) in [4.78, 5) is 48.2. The summed E-state index contributed by atoms with van der Waals surface area (Å²) in [6, 6.07) is 0.583. The molecule has 3 fully saturated rings. The normalized spacial score (nSPS) is 22.4. The number of likely N-dealkylation sites (tertiary alicyclic amines) is 1. The number of halogens is 4. The first kappa shape index (κ1) is 35.3. The number of urea groups is 2. The monoisotopic (exact) mass is 707 g/mol. The van der Waals surface area contributed by atoms with Crippen LogP contribution in [-0.2, 0) is 17.4 Å². The summed E-state index contributed by atoms with van der Waals surface area (Å²) < 4.78 is 41.1. The first-order valence-electron chi connectivity index (χ1n) is 17.3. The molecule has 268 valence electrons. The Morgan fingerprint density at radius 2 is 1.67 bits per heavy atom. The zero-order chi connectivity index (χ0) is 34.7. The predicted octanol–water partition coefficient (Wildman–Crippen LogP) is 4.07. The van der Waals surface area contributed by atoms with Gasteiger partial charge in [-0.1, -0.05) is 17.7 Å². The molecule has 49 heavy (non-hydrogen) atoms. The van der Waals surface area contributed by atoms with Crippen molar-refractivity contribution in [3.05, 3.63) is 51.7 Å². The van der Waals surface area contributed by atoms with Gasteiger partial charge >= 0.3 is 18.2 Å². The van der Waals surface area contributed by atoms with Crippen LogP contribution in [0, 0.1) is 0 Å². The van der Waals surface area contributed by atoms with Crippen LogP contribution in [0.25, 0.3) is 0 Å². The Morgan fingerprint density at radius 1 is 0.959 bits per heavy atom. The minimum Gasteiger partial charge on any atom is -0.506 e. The lowest BCUT2D eigenvalue weighted by Gasteiger charge is -2.42.